The van der Waals surface area contributed by atoms with Gasteiger partial charge in [0.2, 0.25) is 5.56 Å². The molecule has 0 saturated carbocycles. The molecule has 5 nitrogen and oxygen atoms in total. The third-order valence-corrected chi connectivity index (χ3v) is 3.64. The van der Waals surface area contributed by atoms with Crippen molar-refractivity contribution in [2.24, 2.45) is 0 Å². The molecular weight excluding hydrogens is 288 g/mol. The Bertz CT molecular complexity index is 732. The minimum atomic E-state index is -0.237. The van der Waals surface area contributed by atoms with Crippen LogP contribution in [-0.4, -0.2) is 34.6 Å². The van der Waals surface area contributed by atoms with Crippen LogP contribution >= 0.6 is 11.3 Å². The standard InChI is InChI=1S/C15H14N2O3S/c1-17(15(20)12-4-5-14(19)16-8-12)9-11-7-13(21-10-11)3-2-6-18/h4-5,7-8,10,18H,6,9H2,1H3,(H,16,19). The molecule has 0 saturated heterocycles. The molecule has 0 bridgehead atoms. The molecule has 108 valence electrons. The Morgan fingerprint density at radius 2 is 2.29 bits per heavy atom. The first-order valence-corrected chi connectivity index (χ1v) is 7.09. The van der Waals surface area contributed by atoms with E-state index in [1.54, 1.807) is 11.9 Å². The van der Waals surface area contributed by atoms with Gasteiger partial charge >= 0.3 is 0 Å². The van der Waals surface area contributed by atoms with Gasteiger partial charge in [0.25, 0.3) is 5.91 Å². The highest BCUT2D eigenvalue weighted by Crippen LogP contribution is 2.15. The predicted octanol–water partition coefficient (Wildman–Crippen LogP) is 1.05. The maximum Gasteiger partial charge on any atom is 0.255 e. The topological polar surface area (TPSA) is 73.4 Å². The zero-order valence-electron chi connectivity index (χ0n) is 11.4. The molecule has 0 unspecified atom stereocenters. The van der Waals surface area contributed by atoms with Crippen LogP contribution in [0.4, 0.5) is 0 Å². The maximum atomic E-state index is 12.2. The first kappa shape index (κ1) is 15.0. The van der Waals surface area contributed by atoms with Crippen LogP contribution in [0.15, 0.2) is 34.6 Å². The summed E-state index contributed by atoms with van der Waals surface area (Å²) in [5.74, 6) is 5.25. The Hall–Kier alpha value is -2.36. The number of rotatable bonds is 3. The van der Waals surface area contributed by atoms with E-state index in [9.17, 15) is 9.59 Å². The second-order valence-corrected chi connectivity index (χ2v) is 5.29. The van der Waals surface area contributed by atoms with E-state index in [1.165, 1.54) is 29.7 Å². The van der Waals surface area contributed by atoms with Crippen molar-refractivity contribution in [2.45, 2.75) is 6.54 Å². The summed E-state index contributed by atoms with van der Waals surface area (Å²) < 4.78 is 0. The lowest BCUT2D eigenvalue weighted by Gasteiger charge is -2.16. The molecule has 0 spiro atoms. The van der Waals surface area contributed by atoms with E-state index in [0.717, 1.165) is 10.4 Å². The first-order valence-electron chi connectivity index (χ1n) is 6.21. The molecule has 6 heteroatoms. The molecule has 0 atom stereocenters. The minimum Gasteiger partial charge on any atom is -0.384 e. The van der Waals surface area contributed by atoms with Crippen LogP contribution in [0.5, 0.6) is 0 Å². The van der Waals surface area contributed by atoms with Crippen molar-refractivity contribution < 1.29 is 9.90 Å². The summed E-state index contributed by atoms with van der Waals surface area (Å²) >= 11 is 1.47. The number of pyridine rings is 1. The van der Waals surface area contributed by atoms with Gasteiger partial charge in [-0.1, -0.05) is 11.8 Å². The van der Waals surface area contributed by atoms with E-state index in [1.807, 2.05) is 11.4 Å². The average molecular weight is 302 g/mol. The Labute approximate surface area is 125 Å². The van der Waals surface area contributed by atoms with E-state index in [0.29, 0.717) is 12.1 Å². The van der Waals surface area contributed by atoms with Gasteiger partial charge in [-0.05, 0) is 23.1 Å². The van der Waals surface area contributed by atoms with Gasteiger partial charge in [0.15, 0.2) is 0 Å². The third-order valence-electron chi connectivity index (χ3n) is 2.74. The number of aliphatic hydroxyl groups excluding tert-OH is 1. The molecule has 2 aromatic heterocycles. The number of thiophene rings is 1. The van der Waals surface area contributed by atoms with Gasteiger partial charge in [-0.3, -0.25) is 9.59 Å². The van der Waals surface area contributed by atoms with E-state index >= 15 is 0 Å². The zero-order valence-corrected chi connectivity index (χ0v) is 12.2. The van der Waals surface area contributed by atoms with Crippen molar-refractivity contribution in [1.29, 1.82) is 0 Å². The molecule has 0 aromatic carbocycles. The largest absolute Gasteiger partial charge is 0.384 e. The second kappa shape index (κ2) is 6.88. The minimum absolute atomic E-state index is 0.166. The number of carbonyl (C=O) groups is 1. The molecule has 2 N–H and O–H groups in total. The number of hydrogen-bond donors (Lipinski definition) is 2. The quantitative estimate of drug-likeness (QED) is 0.832. The summed E-state index contributed by atoms with van der Waals surface area (Å²) in [5.41, 5.74) is 1.18. The number of H-pyrrole nitrogens is 1. The van der Waals surface area contributed by atoms with Gasteiger partial charge in [-0.15, -0.1) is 11.3 Å². The highest BCUT2D eigenvalue weighted by molar-refractivity contribution is 7.10. The highest BCUT2D eigenvalue weighted by atomic mass is 32.1. The lowest BCUT2D eigenvalue weighted by molar-refractivity contribution is 0.0785. The first-order chi connectivity index (χ1) is 10.1. The SMILES string of the molecule is CN(Cc1csc(C#CCO)c1)C(=O)c1ccc(=O)[nH]c1. The Balaban J connectivity index is 2.05. The maximum absolute atomic E-state index is 12.2. The van der Waals surface area contributed by atoms with E-state index < -0.39 is 0 Å². The van der Waals surface area contributed by atoms with Gasteiger partial charge in [0.1, 0.15) is 6.61 Å². The summed E-state index contributed by atoms with van der Waals surface area (Å²) in [7, 11) is 1.70. The molecule has 0 aliphatic carbocycles. The monoisotopic (exact) mass is 302 g/mol. The number of aliphatic hydroxyl groups is 1. The lowest BCUT2D eigenvalue weighted by atomic mass is 10.2. The molecule has 0 aliphatic rings. The van der Waals surface area contributed by atoms with Gasteiger partial charge in [0, 0.05) is 25.9 Å². The van der Waals surface area contributed by atoms with Crippen molar-refractivity contribution in [2.75, 3.05) is 13.7 Å². The van der Waals surface area contributed by atoms with Crippen molar-refractivity contribution in [3.05, 3.63) is 56.1 Å². The van der Waals surface area contributed by atoms with Crippen molar-refractivity contribution >= 4 is 17.2 Å². The predicted molar refractivity (Wildman–Crippen MR) is 81.1 cm³/mol. The molecule has 21 heavy (non-hydrogen) atoms. The second-order valence-electron chi connectivity index (χ2n) is 4.38. The van der Waals surface area contributed by atoms with Crippen LogP contribution in [-0.2, 0) is 6.54 Å². The number of aromatic amines is 1. The Kier molecular flexibility index (Phi) is 4.93. The average Bonchev–Trinajstić information content (AvgIpc) is 2.92. The van der Waals surface area contributed by atoms with Crippen LogP contribution in [0, 0.1) is 11.8 Å². The molecule has 2 heterocycles. The number of aromatic nitrogens is 1. The number of nitrogens with zero attached hydrogens (tertiary/aromatic N) is 1. The van der Waals surface area contributed by atoms with E-state index in [-0.39, 0.29) is 18.1 Å². The van der Waals surface area contributed by atoms with Crippen LogP contribution in [0.1, 0.15) is 20.8 Å². The van der Waals surface area contributed by atoms with Crippen molar-refractivity contribution in [3.63, 3.8) is 0 Å². The molecule has 1 amide bonds. The van der Waals surface area contributed by atoms with E-state index in [2.05, 4.69) is 16.8 Å². The fraction of sp³-hybridized carbons (Fsp3) is 0.200. The number of carbonyl (C=O) groups excluding carboxylic acids is 1. The van der Waals surface area contributed by atoms with Gasteiger partial charge < -0.3 is 15.0 Å². The van der Waals surface area contributed by atoms with Crippen molar-refractivity contribution in [1.82, 2.24) is 9.88 Å². The molecule has 0 aliphatic heterocycles. The number of hydrogen-bond acceptors (Lipinski definition) is 4. The highest BCUT2D eigenvalue weighted by Gasteiger charge is 2.12. The lowest BCUT2D eigenvalue weighted by Crippen LogP contribution is -2.26. The summed E-state index contributed by atoms with van der Waals surface area (Å²) in [6.45, 7) is 0.285. The molecule has 2 aromatic rings. The fourth-order valence-electron chi connectivity index (χ4n) is 1.76. The summed E-state index contributed by atoms with van der Waals surface area (Å²) in [5, 5.41) is 10.6. The number of amides is 1. The number of nitrogens with one attached hydrogen (secondary N) is 1. The molecule has 2 rings (SSSR count). The summed E-state index contributed by atoms with van der Waals surface area (Å²) in [6, 6.07) is 4.72. The Morgan fingerprint density at radius 1 is 1.48 bits per heavy atom. The van der Waals surface area contributed by atoms with Crippen LogP contribution < -0.4 is 5.56 Å². The van der Waals surface area contributed by atoms with Crippen molar-refractivity contribution in [3.8, 4) is 11.8 Å². The van der Waals surface area contributed by atoms with E-state index in [4.69, 9.17) is 5.11 Å². The van der Waals surface area contributed by atoms with Crippen LogP contribution in [0.2, 0.25) is 0 Å². The van der Waals surface area contributed by atoms with Crippen LogP contribution in [0.25, 0.3) is 0 Å². The molecular formula is C15H14N2O3S. The normalized spacial score (nSPS) is 9.81. The summed E-state index contributed by atoms with van der Waals surface area (Å²) in [4.78, 5) is 28.1. The summed E-state index contributed by atoms with van der Waals surface area (Å²) in [6.07, 6.45) is 1.41. The van der Waals surface area contributed by atoms with Gasteiger partial charge in [-0.2, -0.15) is 0 Å². The van der Waals surface area contributed by atoms with Gasteiger partial charge in [0.05, 0.1) is 10.4 Å². The molecule has 0 fully saturated rings. The van der Waals surface area contributed by atoms with Crippen LogP contribution in [0.3, 0.4) is 0 Å². The molecule has 0 radical (unpaired) electrons. The smallest absolute Gasteiger partial charge is 0.255 e. The van der Waals surface area contributed by atoms with Gasteiger partial charge in [-0.25, -0.2) is 0 Å². The fourth-order valence-corrected chi connectivity index (χ4v) is 2.53. The Morgan fingerprint density at radius 3 is 2.95 bits per heavy atom. The third kappa shape index (κ3) is 4.05. The zero-order chi connectivity index (χ0) is 15.2.